The Morgan fingerprint density at radius 1 is 1.02 bits per heavy atom. The molecule has 10 heteroatoms. The van der Waals surface area contributed by atoms with E-state index in [1.807, 2.05) is 70.1 Å². The Labute approximate surface area is 250 Å². The van der Waals surface area contributed by atoms with E-state index in [1.54, 1.807) is 14.1 Å². The van der Waals surface area contributed by atoms with Crippen LogP contribution in [0.4, 0.5) is 5.69 Å². The van der Waals surface area contributed by atoms with Crippen molar-refractivity contribution in [3.8, 4) is 16.9 Å². The normalized spacial score (nSPS) is 25.5. The first-order valence-electron chi connectivity index (χ1n) is 14.2. The number of aliphatic hydroxyl groups excluding tert-OH is 2. The quantitative estimate of drug-likeness (QED) is 0.337. The van der Waals surface area contributed by atoms with Crippen LogP contribution in [0.15, 0.2) is 47.2 Å². The molecule has 6 N–H and O–H groups in total. The number of phenolic OH excluding ortho intramolecular Hbond substituents is 1. The van der Waals surface area contributed by atoms with Crippen LogP contribution in [-0.2, 0) is 26.2 Å². The van der Waals surface area contributed by atoms with E-state index >= 15 is 0 Å². The van der Waals surface area contributed by atoms with E-state index in [1.165, 1.54) is 4.90 Å². The van der Waals surface area contributed by atoms with Crippen LogP contribution in [0.1, 0.15) is 43.9 Å². The third kappa shape index (κ3) is 4.34. The zero-order chi connectivity index (χ0) is 31.9. The zero-order valence-corrected chi connectivity index (χ0v) is 25.5. The van der Waals surface area contributed by atoms with E-state index in [0.29, 0.717) is 11.1 Å². The second kappa shape index (κ2) is 9.96. The van der Waals surface area contributed by atoms with Crippen molar-refractivity contribution in [1.29, 1.82) is 0 Å². The van der Waals surface area contributed by atoms with Crippen LogP contribution in [-0.4, -0.2) is 82.6 Å². The predicted molar refractivity (Wildman–Crippen MR) is 163 cm³/mol. The number of hydrogen-bond acceptors (Lipinski definition) is 9. The average molecular weight is 590 g/mol. The van der Waals surface area contributed by atoms with Crippen molar-refractivity contribution in [2.75, 3.05) is 33.1 Å². The maximum absolute atomic E-state index is 14.2. The summed E-state index contributed by atoms with van der Waals surface area (Å²) in [7, 11) is 7.04. The Morgan fingerprint density at radius 3 is 2.14 bits per heavy atom. The van der Waals surface area contributed by atoms with Gasteiger partial charge >= 0.3 is 0 Å². The molecule has 43 heavy (non-hydrogen) atoms. The molecule has 2 aromatic rings. The van der Waals surface area contributed by atoms with Crippen molar-refractivity contribution in [3.63, 3.8) is 0 Å². The second-order valence-electron chi connectivity index (χ2n) is 13.3. The topological polar surface area (TPSA) is 165 Å². The number of nitrogens with zero attached hydrogens (tertiary/aromatic N) is 2. The molecular weight excluding hydrogens is 550 g/mol. The molecule has 0 spiro atoms. The lowest BCUT2D eigenvalue weighted by Crippen LogP contribution is -2.65. The molecule has 3 aliphatic carbocycles. The SMILES string of the molecule is CN(C)c1ccc(-c2cc(C(C)(C)C)c(O)c3c2CC2CC4C(N(C)C)C(=O)C(C(N)=O)=C(O)C4(O)C(=O)C2=C3O)cc1. The molecule has 4 atom stereocenters. The van der Waals surface area contributed by atoms with E-state index in [9.17, 15) is 34.8 Å². The van der Waals surface area contributed by atoms with Gasteiger partial charge in [-0.1, -0.05) is 32.9 Å². The number of fused-ring (bicyclic) bond motifs is 3. The number of likely N-dealkylation sites (N-methyl/N-ethyl adjacent to an activating group) is 1. The summed E-state index contributed by atoms with van der Waals surface area (Å²) in [5.74, 6) is -6.61. The monoisotopic (exact) mass is 589 g/mol. The number of benzene rings is 2. The van der Waals surface area contributed by atoms with Gasteiger partial charge in [0.1, 0.15) is 22.8 Å². The number of ketones is 2. The van der Waals surface area contributed by atoms with Gasteiger partial charge in [-0.25, -0.2) is 0 Å². The lowest BCUT2D eigenvalue weighted by molar-refractivity contribution is -0.153. The average Bonchev–Trinajstić information content (AvgIpc) is 2.90. The van der Waals surface area contributed by atoms with Gasteiger partial charge in [0.15, 0.2) is 11.4 Å². The third-order valence-electron chi connectivity index (χ3n) is 9.22. The minimum Gasteiger partial charge on any atom is -0.508 e. The number of primary amides is 1. The number of rotatable bonds is 4. The minimum atomic E-state index is -2.67. The molecule has 0 saturated heterocycles. The Balaban J connectivity index is 1.79. The van der Waals surface area contributed by atoms with Crippen molar-refractivity contribution in [1.82, 2.24) is 4.90 Å². The Morgan fingerprint density at radius 2 is 1.63 bits per heavy atom. The van der Waals surface area contributed by atoms with Gasteiger partial charge in [-0.05, 0) is 73.2 Å². The van der Waals surface area contributed by atoms with Gasteiger partial charge < -0.3 is 31.1 Å². The van der Waals surface area contributed by atoms with Crippen LogP contribution in [0.5, 0.6) is 5.75 Å². The van der Waals surface area contributed by atoms with Gasteiger partial charge in [0.2, 0.25) is 5.78 Å². The lowest BCUT2D eigenvalue weighted by atomic mass is 9.57. The number of nitrogens with two attached hydrogens (primary N) is 1. The summed E-state index contributed by atoms with van der Waals surface area (Å²) in [6.07, 6.45) is 0.254. The molecule has 10 nitrogen and oxygen atoms in total. The highest BCUT2D eigenvalue weighted by molar-refractivity contribution is 6.24. The molecule has 3 aliphatic rings. The van der Waals surface area contributed by atoms with Crippen molar-refractivity contribution >= 4 is 28.9 Å². The number of anilines is 1. The Bertz CT molecular complexity index is 1630. The number of hydrogen-bond donors (Lipinski definition) is 5. The summed E-state index contributed by atoms with van der Waals surface area (Å²) < 4.78 is 0. The van der Waals surface area contributed by atoms with E-state index in [-0.39, 0.29) is 29.7 Å². The maximum Gasteiger partial charge on any atom is 0.255 e. The molecule has 1 amide bonds. The Kier molecular flexibility index (Phi) is 7.02. The zero-order valence-electron chi connectivity index (χ0n) is 25.5. The van der Waals surface area contributed by atoms with Gasteiger partial charge in [-0.3, -0.25) is 19.3 Å². The molecule has 1 saturated carbocycles. The van der Waals surface area contributed by atoms with Crippen LogP contribution in [0.2, 0.25) is 0 Å². The summed E-state index contributed by atoms with van der Waals surface area (Å²) in [5, 5.41) is 46.3. The summed E-state index contributed by atoms with van der Waals surface area (Å²) in [5.41, 5.74) is 5.12. The molecular formula is C33H39N3O7. The first-order chi connectivity index (χ1) is 19.9. The molecule has 0 aromatic heterocycles. The van der Waals surface area contributed by atoms with Gasteiger partial charge in [0, 0.05) is 36.8 Å². The molecule has 2 aromatic carbocycles. The van der Waals surface area contributed by atoms with Crippen LogP contribution in [0.3, 0.4) is 0 Å². The molecule has 0 heterocycles. The fourth-order valence-electron chi connectivity index (χ4n) is 7.08. The van der Waals surface area contributed by atoms with Crippen molar-refractivity contribution < 1.29 is 34.8 Å². The molecule has 4 unspecified atom stereocenters. The molecule has 1 fully saturated rings. The summed E-state index contributed by atoms with van der Waals surface area (Å²) in [6.45, 7) is 5.78. The van der Waals surface area contributed by atoms with Gasteiger partial charge in [-0.15, -0.1) is 0 Å². The first-order valence-corrected chi connectivity index (χ1v) is 14.2. The van der Waals surface area contributed by atoms with Crippen LogP contribution in [0, 0.1) is 11.8 Å². The minimum absolute atomic E-state index is 0.0343. The number of carbonyl (C=O) groups is 3. The van der Waals surface area contributed by atoms with Crippen LogP contribution < -0.4 is 10.6 Å². The number of Topliss-reactive ketones (excluding diaryl/α,β-unsaturated/α-hetero) is 2. The maximum atomic E-state index is 14.2. The number of amides is 1. The summed E-state index contributed by atoms with van der Waals surface area (Å²) in [4.78, 5) is 43.3. The van der Waals surface area contributed by atoms with Crippen LogP contribution in [0.25, 0.3) is 16.9 Å². The lowest BCUT2D eigenvalue weighted by Gasteiger charge is -2.50. The highest BCUT2D eigenvalue weighted by Crippen LogP contribution is 2.55. The number of aliphatic hydroxyl groups is 3. The molecule has 0 aliphatic heterocycles. The third-order valence-corrected chi connectivity index (χ3v) is 9.22. The van der Waals surface area contributed by atoms with E-state index in [4.69, 9.17) is 5.73 Å². The number of aromatic hydroxyl groups is 1. The standard InChI is InChI=1S/C33H39N3O7/c1-32(2,3)21-14-18(15-8-10-17(11-9-15)35(4)5)19-12-16-13-20-25(36(6)7)28(39)24(31(34)42)30(41)33(20,43)29(40)22(16)27(38)23(19)26(21)37/h8-11,14,16,20,25,37-38,41,43H,12-13H2,1-7H3,(H2,34,42). The van der Waals surface area contributed by atoms with Gasteiger partial charge in [0.05, 0.1) is 11.6 Å². The largest absolute Gasteiger partial charge is 0.508 e. The fourth-order valence-corrected chi connectivity index (χ4v) is 7.08. The molecule has 5 rings (SSSR count). The van der Waals surface area contributed by atoms with Crippen molar-refractivity contribution in [3.05, 3.63) is 63.9 Å². The van der Waals surface area contributed by atoms with E-state index in [0.717, 1.165) is 16.8 Å². The fraction of sp³-hybridized carbons (Fsp3) is 0.424. The smallest absolute Gasteiger partial charge is 0.255 e. The highest BCUT2D eigenvalue weighted by Gasteiger charge is 2.64. The number of carbonyl (C=O) groups excluding carboxylic acids is 3. The predicted octanol–water partition coefficient (Wildman–Crippen LogP) is 2.99. The summed E-state index contributed by atoms with van der Waals surface area (Å²) >= 11 is 0. The van der Waals surface area contributed by atoms with Gasteiger partial charge in [-0.2, -0.15) is 0 Å². The van der Waals surface area contributed by atoms with Crippen molar-refractivity contribution in [2.45, 2.75) is 50.7 Å². The van der Waals surface area contributed by atoms with Crippen LogP contribution >= 0.6 is 0 Å². The molecule has 0 bridgehead atoms. The second-order valence-corrected chi connectivity index (χ2v) is 13.3. The first kappa shape index (κ1) is 30.3. The highest BCUT2D eigenvalue weighted by atomic mass is 16.3. The summed E-state index contributed by atoms with van der Waals surface area (Å²) in [6, 6.07) is 8.66. The van der Waals surface area contributed by atoms with Crippen molar-refractivity contribution in [2.24, 2.45) is 17.6 Å². The molecule has 0 radical (unpaired) electrons. The van der Waals surface area contributed by atoms with E-state index in [2.05, 4.69) is 0 Å². The molecule has 228 valence electrons. The van der Waals surface area contributed by atoms with E-state index < -0.39 is 63.5 Å². The van der Waals surface area contributed by atoms with Gasteiger partial charge in [0.25, 0.3) is 5.91 Å². The Hall–Kier alpha value is -4.15. The number of phenols is 1.